The Morgan fingerprint density at radius 1 is 1.32 bits per heavy atom. The van der Waals surface area contributed by atoms with Crippen LogP contribution in [0.2, 0.25) is 0 Å². The molecule has 0 bridgehead atoms. The van der Waals surface area contributed by atoms with E-state index >= 15 is 0 Å². The SMILES string of the molecule is COC(CNC(=O)Nc1ccc2c(c1)OCO2)c1ccco1. The highest BCUT2D eigenvalue weighted by Gasteiger charge is 2.16. The van der Waals surface area contributed by atoms with E-state index in [1.165, 1.54) is 0 Å². The third-order valence-electron chi connectivity index (χ3n) is 3.22. The minimum atomic E-state index is -0.340. The van der Waals surface area contributed by atoms with Crippen molar-refractivity contribution in [2.45, 2.75) is 6.10 Å². The van der Waals surface area contributed by atoms with Gasteiger partial charge in [-0.2, -0.15) is 0 Å². The summed E-state index contributed by atoms with van der Waals surface area (Å²) in [6, 6.07) is 8.43. The lowest BCUT2D eigenvalue weighted by Gasteiger charge is -2.14. The molecule has 3 rings (SSSR count). The standard InChI is InChI=1S/C15H16N2O5/c1-19-14(11-3-2-6-20-11)8-16-15(18)17-10-4-5-12-13(7-10)22-9-21-12/h2-7,14H,8-9H2,1H3,(H2,16,17,18). The summed E-state index contributed by atoms with van der Waals surface area (Å²) in [5.74, 6) is 1.94. The van der Waals surface area contributed by atoms with Gasteiger partial charge in [-0.15, -0.1) is 0 Å². The fourth-order valence-corrected chi connectivity index (χ4v) is 2.11. The molecule has 0 saturated heterocycles. The highest BCUT2D eigenvalue weighted by Crippen LogP contribution is 2.34. The van der Waals surface area contributed by atoms with Crippen LogP contribution >= 0.6 is 0 Å². The van der Waals surface area contributed by atoms with E-state index < -0.39 is 0 Å². The van der Waals surface area contributed by atoms with E-state index in [1.54, 1.807) is 43.7 Å². The molecule has 2 N–H and O–H groups in total. The smallest absolute Gasteiger partial charge is 0.319 e. The molecular weight excluding hydrogens is 288 g/mol. The first-order valence-electron chi connectivity index (χ1n) is 6.77. The number of ether oxygens (including phenoxy) is 3. The number of anilines is 1. The molecule has 1 aromatic heterocycles. The predicted octanol–water partition coefficient (Wildman–Crippen LogP) is 2.52. The number of rotatable bonds is 5. The minimum absolute atomic E-state index is 0.198. The summed E-state index contributed by atoms with van der Waals surface area (Å²) in [7, 11) is 1.56. The van der Waals surface area contributed by atoms with Gasteiger partial charge in [0.05, 0.1) is 12.8 Å². The van der Waals surface area contributed by atoms with Gasteiger partial charge in [0.15, 0.2) is 11.5 Å². The van der Waals surface area contributed by atoms with Crippen LogP contribution in [0, 0.1) is 0 Å². The minimum Gasteiger partial charge on any atom is -0.467 e. The predicted molar refractivity (Wildman–Crippen MR) is 78.0 cm³/mol. The van der Waals surface area contributed by atoms with Crippen LogP contribution in [0.25, 0.3) is 0 Å². The molecule has 1 aliphatic rings. The van der Waals surface area contributed by atoms with Crippen molar-refractivity contribution in [1.82, 2.24) is 5.32 Å². The molecular formula is C15H16N2O5. The van der Waals surface area contributed by atoms with E-state index in [-0.39, 0.29) is 18.9 Å². The van der Waals surface area contributed by atoms with Crippen LogP contribution in [0.15, 0.2) is 41.0 Å². The van der Waals surface area contributed by atoms with Crippen LogP contribution in [-0.2, 0) is 4.74 Å². The average Bonchev–Trinajstić information content (AvgIpc) is 3.18. The summed E-state index contributed by atoms with van der Waals surface area (Å²) in [6.45, 7) is 0.490. The maximum atomic E-state index is 11.9. The zero-order chi connectivity index (χ0) is 15.4. The Kier molecular flexibility index (Phi) is 4.15. The Balaban J connectivity index is 1.54. The quantitative estimate of drug-likeness (QED) is 0.887. The van der Waals surface area contributed by atoms with Crippen molar-refractivity contribution in [3.8, 4) is 11.5 Å². The summed E-state index contributed by atoms with van der Waals surface area (Å²) in [5.41, 5.74) is 0.619. The molecule has 22 heavy (non-hydrogen) atoms. The van der Waals surface area contributed by atoms with E-state index in [0.29, 0.717) is 29.5 Å². The first kappa shape index (κ1) is 14.3. The molecule has 1 atom stereocenters. The summed E-state index contributed by atoms with van der Waals surface area (Å²) in [6.07, 6.45) is 1.23. The zero-order valence-electron chi connectivity index (χ0n) is 12.0. The molecule has 2 heterocycles. The summed E-state index contributed by atoms with van der Waals surface area (Å²) in [4.78, 5) is 11.9. The van der Waals surface area contributed by atoms with E-state index in [2.05, 4.69) is 10.6 Å². The second-order valence-corrected chi connectivity index (χ2v) is 4.64. The Bertz CT molecular complexity index is 641. The van der Waals surface area contributed by atoms with Crippen molar-refractivity contribution in [2.75, 3.05) is 25.8 Å². The molecule has 0 fully saturated rings. The van der Waals surface area contributed by atoms with Gasteiger partial charge in [-0.25, -0.2) is 4.79 Å². The number of urea groups is 1. The Morgan fingerprint density at radius 2 is 2.18 bits per heavy atom. The van der Waals surface area contributed by atoms with Crippen LogP contribution in [0.1, 0.15) is 11.9 Å². The van der Waals surface area contributed by atoms with Gasteiger partial charge in [-0.3, -0.25) is 0 Å². The number of carbonyl (C=O) groups is 1. The summed E-state index contributed by atoms with van der Waals surface area (Å²) >= 11 is 0. The number of hydrogen-bond donors (Lipinski definition) is 2. The van der Waals surface area contributed by atoms with Gasteiger partial charge in [0, 0.05) is 18.9 Å². The third kappa shape index (κ3) is 3.15. The lowest BCUT2D eigenvalue weighted by Crippen LogP contribution is -2.32. The van der Waals surface area contributed by atoms with Gasteiger partial charge >= 0.3 is 6.03 Å². The molecule has 1 aromatic carbocycles. The molecule has 0 saturated carbocycles. The molecule has 0 aliphatic carbocycles. The highest BCUT2D eigenvalue weighted by atomic mass is 16.7. The number of fused-ring (bicyclic) bond motifs is 1. The number of nitrogens with one attached hydrogen (secondary N) is 2. The van der Waals surface area contributed by atoms with E-state index in [9.17, 15) is 4.79 Å². The molecule has 0 radical (unpaired) electrons. The molecule has 1 aliphatic heterocycles. The summed E-state index contributed by atoms with van der Waals surface area (Å²) in [5, 5.41) is 5.46. The average molecular weight is 304 g/mol. The van der Waals surface area contributed by atoms with Gasteiger partial charge in [0.25, 0.3) is 0 Å². The van der Waals surface area contributed by atoms with Gasteiger partial charge in [0.2, 0.25) is 6.79 Å². The van der Waals surface area contributed by atoms with E-state index in [1.807, 2.05) is 0 Å². The van der Waals surface area contributed by atoms with Crippen molar-refractivity contribution in [3.63, 3.8) is 0 Å². The molecule has 7 heteroatoms. The number of benzene rings is 1. The Labute approximate surface area is 127 Å². The molecule has 0 spiro atoms. The van der Waals surface area contributed by atoms with Crippen LogP contribution in [0.4, 0.5) is 10.5 Å². The highest BCUT2D eigenvalue weighted by molar-refractivity contribution is 5.89. The van der Waals surface area contributed by atoms with E-state index in [4.69, 9.17) is 18.6 Å². The van der Waals surface area contributed by atoms with Crippen molar-refractivity contribution < 1.29 is 23.4 Å². The lowest BCUT2D eigenvalue weighted by atomic mass is 10.2. The number of furan rings is 1. The largest absolute Gasteiger partial charge is 0.467 e. The van der Waals surface area contributed by atoms with Crippen molar-refractivity contribution in [1.29, 1.82) is 0 Å². The van der Waals surface area contributed by atoms with Crippen LogP contribution in [0.5, 0.6) is 11.5 Å². The molecule has 116 valence electrons. The molecule has 2 aromatic rings. The van der Waals surface area contributed by atoms with Crippen molar-refractivity contribution in [2.24, 2.45) is 0 Å². The maximum Gasteiger partial charge on any atom is 0.319 e. The second-order valence-electron chi connectivity index (χ2n) is 4.64. The first-order chi connectivity index (χ1) is 10.8. The fraction of sp³-hybridized carbons (Fsp3) is 0.267. The zero-order valence-corrected chi connectivity index (χ0v) is 12.0. The number of carbonyl (C=O) groups excluding carboxylic acids is 1. The molecule has 7 nitrogen and oxygen atoms in total. The van der Waals surface area contributed by atoms with Gasteiger partial charge < -0.3 is 29.3 Å². The van der Waals surface area contributed by atoms with Gasteiger partial charge in [0.1, 0.15) is 11.9 Å². The third-order valence-corrected chi connectivity index (χ3v) is 3.22. The van der Waals surface area contributed by atoms with Gasteiger partial charge in [-0.05, 0) is 24.3 Å². The van der Waals surface area contributed by atoms with E-state index in [0.717, 1.165) is 0 Å². The normalized spacial score (nSPS) is 13.7. The summed E-state index contributed by atoms with van der Waals surface area (Å²) < 4.78 is 21.0. The molecule has 1 unspecified atom stereocenters. The number of amides is 2. The Morgan fingerprint density at radius 3 is 2.95 bits per heavy atom. The van der Waals surface area contributed by atoms with Gasteiger partial charge in [-0.1, -0.05) is 0 Å². The first-order valence-corrected chi connectivity index (χ1v) is 6.77. The fourth-order valence-electron chi connectivity index (χ4n) is 2.11. The number of hydrogen-bond acceptors (Lipinski definition) is 5. The Hall–Kier alpha value is -2.67. The van der Waals surface area contributed by atoms with Crippen LogP contribution in [-0.4, -0.2) is 26.5 Å². The molecule has 2 amide bonds. The van der Waals surface area contributed by atoms with Crippen LogP contribution in [0.3, 0.4) is 0 Å². The maximum absolute atomic E-state index is 11.9. The van der Waals surface area contributed by atoms with Crippen molar-refractivity contribution in [3.05, 3.63) is 42.4 Å². The van der Waals surface area contributed by atoms with Crippen LogP contribution < -0.4 is 20.1 Å². The topological polar surface area (TPSA) is 82.0 Å². The van der Waals surface area contributed by atoms with Crippen molar-refractivity contribution >= 4 is 11.7 Å². The lowest BCUT2D eigenvalue weighted by molar-refractivity contribution is 0.0855. The number of methoxy groups -OCH3 is 1. The monoisotopic (exact) mass is 304 g/mol. The second kappa shape index (κ2) is 6.40.